The van der Waals surface area contributed by atoms with E-state index in [1.807, 2.05) is 38.1 Å². The molecule has 0 fully saturated rings. The number of benzene rings is 2. The average molecular weight is 614 g/mol. The highest BCUT2D eigenvalue weighted by molar-refractivity contribution is 7.90. The minimum atomic E-state index is -3.74. The Morgan fingerprint density at radius 2 is 1.74 bits per heavy atom. The second-order valence-corrected chi connectivity index (χ2v) is 14.1. The topological polar surface area (TPSA) is 142 Å². The van der Waals surface area contributed by atoms with E-state index < -0.39 is 19.7 Å². The van der Waals surface area contributed by atoms with Crippen LogP contribution in [0.4, 0.5) is 5.95 Å². The molecule has 0 aliphatic rings. The number of sulfone groups is 2. The molecule has 0 radical (unpaired) electrons. The number of fused-ring (bicyclic) bond motifs is 1. The predicted molar refractivity (Wildman–Crippen MR) is 161 cm³/mol. The van der Waals surface area contributed by atoms with Crippen LogP contribution in [0, 0.1) is 0 Å². The highest BCUT2D eigenvalue weighted by Gasteiger charge is 2.25. The van der Waals surface area contributed by atoms with Crippen LogP contribution in [0.1, 0.15) is 48.6 Å². The summed E-state index contributed by atoms with van der Waals surface area (Å²) < 4.78 is 62.3. The summed E-state index contributed by atoms with van der Waals surface area (Å²) in [5.74, 6) is 1.29. The first kappa shape index (κ1) is 31.0. The van der Waals surface area contributed by atoms with Crippen molar-refractivity contribution in [2.75, 3.05) is 31.5 Å². The Morgan fingerprint density at radius 1 is 1.02 bits per heavy atom. The molecule has 0 aliphatic heterocycles. The molecule has 42 heavy (non-hydrogen) atoms. The first-order chi connectivity index (χ1) is 19.8. The van der Waals surface area contributed by atoms with Crippen molar-refractivity contribution in [2.45, 2.75) is 49.2 Å². The molecule has 2 aromatic carbocycles. The van der Waals surface area contributed by atoms with Crippen LogP contribution in [0.3, 0.4) is 0 Å². The van der Waals surface area contributed by atoms with E-state index in [4.69, 9.17) is 14.6 Å². The molecule has 1 N–H and O–H groups in total. The molecule has 0 aliphatic carbocycles. The Hall–Kier alpha value is -3.97. The van der Waals surface area contributed by atoms with E-state index in [1.54, 1.807) is 25.3 Å². The molecule has 4 rings (SSSR count). The summed E-state index contributed by atoms with van der Waals surface area (Å²) in [6.07, 6.45) is 4.80. The number of methoxy groups -OCH3 is 1. The Morgan fingerprint density at radius 3 is 2.33 bits per heavy atom. The fraction of sp³-hybridized carbons (Fsp3) is 0.345. The van der Waals surface area contributed by atoms with Crippen molar-refractivity contribution in [3.8, 4) is 11.5 Å². The number of anilines is 1. The van der Waals surface area contributed by atoms with Crippen LogP contribution in [-0.2, 0) is 32.6 Å². The van der Waals surface area contributed by atoms with Crippen molar-refractivity contribution in [3.63, 3.8) is 0 Å². The minimum absolute atomic E-state index is 0.0744. The van der Waals surface area contributed by atoms with Crippen LogP contribution >= 0.6 is 0 Å². The van der Waals surface area contributed by atoms with E-state index in [1.165, 1.54) is 10.6 Å². The fourth-order valence-corrected chi connectivity index (χ4v) is 5.52. The minimum Gasteiger partial charge on any atom is -0.497 e. The van der Waals surface area contributed by atoms with Crippen LogP contribution in [0.2, 0.25) is 0 Å². The maximum atomic E-state index is 12.6. The lowest BCUT2D eigenvalue weighted by molar-refractivity contribution is 0.321. The Kier molecular flexibility index (Phi) is 9.21. The van der Waals surface area contributed by atoms with Crippen molar-refractivity contribution in [1.82, 2.24) is 19.6 Å². The van der Waals surface area contributed by atoms with E-state index in [2.05, 4.69) is 21.9 Å². The Balaban J connectivity index is 1.82. The molecule has 0 amide bonds. The van der Waals surface area contributed by atoms with Crippen molar-refractivity contribution >= 4 is 31.3 Å². The molecule has 0 saturated carbocycles. The number of rotatable bonds is 13. The number of aromatic nitrogens is 4. The van der Waals surface area contributed by atoms with Gasteiger partial charge in [0.25, 0.3) is 5.16 Å². The van der Waals surface area contributed by atoms with Gasteiger partial charge in [-0.3, -0.25) is 0 Å². The second-order valence-electron chi connectivity index (χ2n) is 10.2. The zero-order chi connectivity index (χ0) is 30.7. The van der Waals surface area contributed by atoms with Crippen LogP contribution < -0.4 is 14.8 Å². The van der Waals surface area contributed by atoms with Gasteiger partial charge in [0.05, 0.1) is 24.3 Å². The molecule has 2 heterocycles. The number of nitrogens with zero attached hydrogens (tertiary/aromatic N) is 4. The molecule has 0 atom stereocenters. The molecule has 0 unspecified atom stereocenters. The van der Waals surface area contributed by atoms with Gasteiger partial charge in [0.2, 0.25) is 15.8 Å². The number of nitrogens with one attached hydrogen (secondary N) is 1. The standard InChI is InChI=1S/C29H35N5O6S2/c1-7-8-15-40-25-17-23(41(5,35)36)14-11-21(25)16-24-26(19(2)3)27-31-29(42(6,37)38)32-28(34(27)33-24)30-18-20-9-12-22(39-4)13-10-20/h7,9-14,17,19H,1,8,15-16,18H2,2-6H3,(H,30,31,32). The molecule has 0 spiro atoms. The fourth-order valence-electron chi connectivity index (χ4n) is 4.38. The average Bonchev–Trinajstić information content (AvgIpc) is 3.30. The quantitative estimate of drug-likeness (QED) is 0.172. The van der Waals surface area contributed by atoms with E-state index in [9.17, 15) is 16.8 Å². The summed E-state index contributed by atoms with van der Waals surface area (Å²) in [5.41, 5.74) is 3.40. The number of ether oxygens (including phenoxy) is 2. The largest absolute Gasteiger partial charge is 0.497 e. The molecule has 224 valence electrons. The number of hydrogen-bond acceptors (Lipinski definition) is 10. The van der Waals surface area contributed by atoms with Crippen LogP contribution in [-0.4, -0.2) is 62.6 Å². The van der Waals surface area contributed by atoms with E-state index in [0.717, 1.165) is 35.0 Å². The Bertz CT molecular complexity index is 1820. The third-order valence-electron chi connectivity index (χ3n) is 6.50. The third kappa shape index (κ3) is 7.08. The lowest BCUT2D eigenvalue weighted by Gasteiger charge is -2.13. The maximum Gasteiger partial charge on any atom is 0.252 e. The van der Waals surface area contributed by atoms with Gasteiger partial charge in [0.1, 0.15) is 11.5 Å². The van der Waals surface area contributed by atoms with E-state index in [-0.39, 0.29) is 28.3 Å². The monoisotopic (exact) mass is 613 g/mol. The van der Waals surface area contributed by atoms with Gasteiger partial charge in [-0.25, -0.2) is 16.8 Å². The van der Waals surface area contributed by atoms with Crippen LogP contribution in [0.5, 0.6) is 11.5 Å². The molecule has 0 saturated heterocycles. The third-order valence-corrected chi connectivity index (χ3v) is 8.46. The van der Waals surface area contributed by atoms with Gasteiger partial charge >= 0.3 is 0 Å². The first-order valence-corrected chi connectivity index (χ1v) is 17.0. The van der Waals surface area contributed by atoms with Crippen molar-refractivity contribution in [3.05, 3.63) is 77.5 Å². The molecule has 0 bridgehead atoms. The summed E-state index contributed by atoms with van der Waals surface area (Å²) in [6.45, 7) is 8.34. The van der Waals surface area contributed by atoms with Crippen LogP contribution in [0.15, 0.2) is 65.2 Å². The summed E-state index contributed by atoms with van der Waals surface area (Å²) in [6, 6.07) is 12.2. The van der Waals surface area contributed by atoms with Gasteiger partial charge in [0.15, 0.2) is 15.5 Å². The molecule has 4 aromatic rings. The van der Waals surface area contributed by atoms with Crippen LogP contribution in [0.25, 0.3) is 5.65 Å². The summed E-state index contributed by atoms with van der Waals surface area (Å²) in [5, 5.41) is 7.72. The maximum absolute atomic E-state index is 12.6. The molecular weight excluding hydrogens is 578 g/mol. The highest BCUT2D eigenvalue weighted by Crippen LogP contribution is 2.31. The van der Waals surface area contributed by atoms with Gasteiger partial charge in [0, 0.05) is 36.6 Å². The number of hydrogen-bond donors (Lipinski definition) is 1. The van der Waals surface area contributed by atoms with E-state index >= 15 is 0 Å². The summed E-state index contributed by atoms with van der Waals surface area (Å²) in [4.78, 5) is 8.88. The van der Waals surface area contributed by atoms with Crippen molar-refractivity contribution in [2.24, 2.45) is 0 Å². The predicted octanol–water partition coefficient (Wildman–Crippen LogP) is 4.22. The first-order valence-electron chi connectivity index (χ1n) is 13.2. The smallest absolute Gasteiger partial charge is 0.252 e. The Labute approximate surface area is 246 Å². The second kappa shape index (κ2) is 12.5. The lowest BCUT2D eigenvalue weighted by atomic mass is 9.98. The zero-order valence-electron chi connectivity index (χ0n) is 24.3. The molecule has 11 nitrogen and oxygen atoms in total. The molecular formula is C29H35N5O6S2. The zero-order valence-corrected chi connectivity index (χ0v) is 25.9. The molecule has 13 heteroatoms. The lowest BCUT2D eigenvalue weighted by Crippen LogP contribution is -2.13. The van der Waals surface area contributed by atoms with Gasteiger partial charge in [-0.1, -0.05) is 38.1 Å². The summed E-state index contributed by atoms with van der Waals surface area (Å²) >= 11 is 0. The SMILES string of the molecule is C=CCCOc1cc(S(C)(=O)=O)ccc1Cc1nn2c(NCc3ccc(OC)cc3)nc(S(C)(=O)=O)nc2c1C(C)C. The highest BCUT2D eigenvalue weighted by atomic mass is 32.2. The van der Waals surface area contributed by atoms with E-state index in [0.29, 0.717) is 36.7 Å². The summed E-state index contributed by atoms with van der Waals surface area (Å²) in [7, 11) is -5.61. The van der Waals surface area contributed by atoms with Gasteiger partial charge in [-0.2, -0.15) is 19.6 Å². The van der Waals surface area contributed by atoms with Gasteiger partial charge < -0.3 is 14.8 Å². The van der Waals surface area contributed by atoms with Gasteiger partial charge in [-0.15, -0.1) is 6.58 Å². The normalized spacial score (nSPS) is 12.0. The molecule has 2 aromatic heterocycles. The van der Waals surface area contributed by atoms with Crippen molar-refractivity contribution in [1.29, 1.82) is 0 Å². The van der Waals surface area contributed by atoms with Crippen molar-refractivity contribution < 1.29 is 26.3 Å². The van der Waals surface area contributed by atoms with Gasteiger partial charge in [-0.05, 0) is 42.2 Å².